The summed E-state index contributed by atoms with van der Waals surface area (Å²) in [7, 11) is 0. The van der Waals surface area contributed by atoms with Gasteiger partial charge in [-0.15, -0.1) is 0 Å². The van der Waals surface area contributed by atoms with Crippen molar-refractivity contribution in [3.05, 3.63) is 63.6 Å². The zero-order chi connectivity index (χ0) is 18.9. The maximum absolute atomic E-state index is 11.7. The second-order valence-corrected chi connectivity index (χ2v) is 6.43. The number of hydrogen-bond donors (Lipinski definition) is 1. The van der Waals surface area contributed by atoms with Crippen LogP contribution in [0.5, 0.6) is 5.75 Å². The first kappa shape index (κ1) is 20.1. The van der Waals surface area contributed by atoms with Crippen molar-refractivity contribution < 1.29 is 19.1 Å². The van der Waals surface area contributed by atoms with Crippen LogP contribution in [0, 0.1) is 6.92 Å². The van der Waals surface area contributed by atoms with Crippen molar-refractivity contribution in [3.8, 4) is 5.75 Å². The quantitative estimate of drug-likeness (QED) is 0.693. The molecule has 0 spiro atoms. The van der Waals surface area contributed by atoms with Crippen molar-refractivity contribution >= 4 is 35.1 Å². The lowest BCUT2D eigenvalue weighted by molar-refractivity contribution is -0.150. The predicted octanol–water partition coefficient (Wildman–Crippen LogP) is 3.58. The van der Waals surface area contributed by atoms with Gasteiger partial charge in [-0.1, -0.05) is 35.3 Å². The van der Waals surface area contributed by atoms with Gasteiger partial charge in [-0.25, -0.2) is 4.79 Å². The molecule has 0 aromatic heterocycles. The van der Waals surface area contributed by atoms with Gasteiger partial charge in [0, 0.05) is 16.6 Å². The SMILES string of the molecule is Cc1cc(OCC(=O)OCC(=O)NCCc2cccc(Cl)c2)ccc1Cl. The summed E-state index contributed by atoms with van der Waals surface area (Å²) in [6.07, 6.45) is 0.638. The number of halogens is 2. The van der Waals surface area contributed by atoms with Gasteiger partial charge in [0.25, 0.3) is 5.91 Å². The Balaban J connectivity index is 1.63. The zero-order valence-electron chi connectivity index (χ0n) is 14.3. The molecule has 0 saturated carbocycles. The van der Waals surface area contributed by atoms with E-state index in [1.54, 1.807) is 24.3 Å². The number of ether oxygens (including phenoxy) is 2. The van der Waals surface area contributed by atoms with Crippen molar-refractivity contribution in [2.45, 2.75) is 13.3 Å². The highest BCUT2D eigenvalue weighted by Crippen LogP contribution is 2.20. The Morgan fingerprint density at radius 2 is 1.88 bits per heavy atom. The predicted molar refractivity (Wildman–Crippen MR) is 101 cm³/mol. The molecule has 0 radical (unpaired) electrons. The summed E-state index contributed by atoms with van der Waals surface area (Å²) in [4.78, 5) is 23.3. The summed E-state index contributed by atoms with van der Waals surface area (Å²) in [5.41, 5.74) is 1.86. The highest BCUT2D eigenvalue weighted by Gasteiger charge is 2.09. The Hall–Kier alpha value is -2.24. The number of carbonyl (C=O) groups excluding carboxylic acids is 2. The van der Waals surface area contributed by atoms with Gasteiger partial charge in [0.15, 0.2) is 13.2 Å². The van der Waals surface area contributed by atoms with E-state index < -0.39 is 5.97 Å². The minimum atomic E-state index is -0.623. The number of rotatable bonds is 8. The molecule has 0 unspecified atom stereocenters. The third-order valence-electron chi connectivity index (χ3n) is 3.48. The summed E-state index contributed by atoms with van der Waals surface area (Å²) in [6, 6.07) is 12.5. The van der Waals surface area contributed by atoms with Crippen LogP contribution in [0.4, 0.5) is 0 Å². The molecule has 0 aliphatic rings. The molecule has 1 amide bonds. The van der Waals surface area contributed by atoms with E-state index in [0.29, 0.717) is 28.8 Å². The minimum Gasteiger partial charge on any atom is -0.482 e. The molecule has 26 heavy (non-hydrogen) atoms. The topological polar surface area (TPSA) is 64.6 Å². The second-order valence-electron chi connectivity index (χ2n) is 5.59. The fourth-order valence-electron chi connectivity index (χ4n) is 2.13. The highest BCUT2D eigenvalue weighted by molar-refractivity contribution is 6.31. The molecule has 0 bridgehead atoms. The number of nitrogens with one attached hydrogen (secondary N) is 1. The first-order chi connectivity index (χ1) is 12.4. The molecular weight excluding hydrogens is 377 g/mol. The van der Waals surface area contributed by atoms with Gasteiger partial charge in [-0.3, -0.25) is 4.79 Å². The molecule has 138 valence electrons. The smallest absolute Gasteiger partial charge is 0.344 e. The Labute approximate surface area is 162 Å². The molecule has 0 heterocycles. The third kappa shape index (κ3) is 6.94. The fourth-order valence-corrected chi connectivity index (χ4v) is 2.46. The number of carbonyl (C=O) groups is 2. The molecule has 7 heteroatoms. The number of esters is 1. The Bertz CT molecular complexity index is 780. The van der Waals surface area contributed by atoms with Crippen LogP contribution >= 0.6 is 23.2 Å². The fraction of sp³-hybridized carbons (Fsp3) is 0.263. The maximum atomic E-state index is 11.7. The van der Waals surface area contributed by atoms with Gasteiger partial charge in [-0.2, -0.15) is 0 Å². The molecule has 2 rings (SSSR count). The second kappa shape index (κ2) is 10.0. The summed E-state index contributed by atoms with van der Waals surface area (Å²) in [5.74, 6) is -0.486. The standard InChI is InChI=1S/C19H19Cl2NO4/c1-13-9-16(5-6-17(13)21)25-12-19(24)26-11-18(23)22-8-7-14-3-2-4-15(20)10-14/h2-6,9-10H,7-8,11-12H2,1H3,(H,22,23). The Morgan fingerprint density at radius 3 is 2.62 bits per heavy atom. The van der Waals surface area contributed by atoms with E-state index in [4.69, 9.17) is 32.7 Å². The molecule has 1 N–H and O–H groups in total. The molecule has 2 aromatic rings. The lowest BCUT2D eigenvalue weighted by Crippen LogP contribution is -2.31. The summed E-state index contributed by atoms with van der Waals surface area (Å²) in [6.45, 7) is 1.63. The van der Waals surface area contributed by atoms with Gasteiger partial charge in [0.1, 0.15) is 5.75 Å². The van der Waals surface area contributed by atoms with E-state index >= 15 is 0 Å². The van der Waals surface area contributed by atoms with Crippen LogP contribution in [0.3, 0.4) is 0 Å². The molecule has 0 fully saturated rings. The minimum absolute atomic E-state index is 0.281. The van der Waals surface area contributed by atoms with E-state index in [9.17, 15) is 9.59 Å². The maximum Gasteiger partial charge on any atom is 0.344 e. The van der Waals surface area contributed by atoms with Gasteiger partial charge in [0.05, 0.1) is 0 Å². The van der Waals surface area contributed by atoms with Gasteiger partial charge < -0.3 is 14.8 Å². The molecular formula is C19H19Cl2NO4. The molecule has 2 aromatic carbocycles. The van der Waals surface area contributed by atoms with Crippen molar-refractivity contribution in [1.29, 1.82) is 0 Å². The summed E-state index contributed by atoms with van der Waals surface area (Å²) in [5, 5.41) is 3.95. The van der Waals surface area contributed by atoms with Crippen LogP contribution in [0.1, 0.15) is 11.1 Å². The van der Waals surface area contributed by atoms with E-state index in [2.05, 4.69) is 5.32 Å². The van der Waals surface area contributed by atoms with Crippen LogP contribution in [-0.4, -0.2) is 31.6 Å². The van der Waals surface area contributed by atoms with Crippen LogP contribution in [0.2, 0.25) is 10.0 Å². The van der Waals surface area contributed by atoms with Crippen molar-refractivity contribution in [3.63, 3.8) is 0 Å². The third-order valence-corrected chi connectivity index (χ3v) is 4.13. The van der Waals surface area contributed by atoms with E-state index in [-0.39, 0.29) is 19.1 Å². The monoisotopic (exact) mass is 395 g/mol. The van der Waals surface area contributed by atoms with Gasteiger partial charge >= 0.3 is 5.97 Å². The number of benzene rings is 2. The zero-order valence-corrected chi connectivity index (χ0v) is 15.8. The van der Waals surface area contributed by atoms with Crippen molar-refractivity contribution in [2.24, 2.45) is 0 Å². The van der Waals surface area contributed by atoms with E-state index in [0.717, 1.165) is 11.1 Å². The molecule has 0 aliphatic carbocycles. The first-order valence-electron chi connectivity index (χ1n) is 8.00. The number of amides is 1. The Morgan fingerprint density at radius 1 is 1.08 bits per heavy atom. The van der Waals surface area contributed by atoms with E-state index in [1.165, 1.54) is 0 Å². The lowest BCUT2D eigenvalue weighted by atomic mass is 10.1. The highest BCUT2D eigenvalue weighted by atomic mass is 35.5. The average Bonchev–Trinajstić information content (AvgIpc) is 2.61. The number of aryl methyl sites for hydroxylation is 1. The molecule has 0 saturated heterocycles. The van der Waals surface area contributed by atoms with Gasteiger partial charge in [0.2, 0.25) is 0 Å². The Kier molecular flexibility index (Phi) is 7.75. The normalized spacial score (nSPS) is 10.3. The number of hydrogen-bond acceptors (Lipinski definition) is 4. The first-order valence-corrected chi connectivity index (χ1v) is 8.75. The van der Waals surface area contributed by atoms with Crippen LogP contribution in [0.15, 0.2) is 42.5 Å². The van der Waals surface area contributed by atoms with Crippen LogP contribution < -0.4 is 10.1 Å². The molecule has 0 atom stereocenters. The summed E-state index contributed by atoms with van der Waals surface area (Å²) < 4.78 is 10.2. The summed E-state index contributed by atoms with van der Waals surface area (Å²) >= 11 is 11.8. The molecule has 0 aliphatic heterocycles. The van der Waals surface area contributed by atoms with Crippen molar-refractivity contribution in [2.75, 3.05) is 19.8 Å². The molecule has 5 nitrogen and oxygen atoms in total. The largest absolute Gasteiger partial charge is 0.482 e. The van der Waals surface area contributed by atoms with Gasteiger partial charge in [-0.05, 0) is 54.8 Å². The van der Waals surface area contributed by atoms with E-state index in [1.807, 2.05) is 25.1 Å². The van der Waals surface area contributed by atoms with Crippen LogP contribution in [0.25, 0.3) is 0 Å². The average molecular weight is 396 g/mol. The van der Waals surface area contributed by atoms with Crippen LogP contribution in [-0.2, 0) is 20.7 Å². The lowest BCUT2D eigenvalue weighted by Gasteiger charge is -2.09. The van der Waals surface area contributed by atoms with Crippen molar-refractivity contribution in [1.82, 2.24) is 5.32 Å².